The summed E-state index contributed by atoms with van der Waals surface area (Å²) in [6, 6.07) is 4.19. The second-order valence-electron chi connectivity index (χ2n) is 8.99. The molecular formula is C24H35N7O7. The first-order valence-electron chi connectivity index (χ1n) is 12.2. The van der Waals surface area contributed by atoms with Gasteiger partial charge in [-0.1, -0.05) is 30.3 Å². The van der Waals surface area contributed by atoms with E-state index in [1.54, 1.807) is 30.3 Å². The van der Waals surface area contributed by atoms with Crippen LogP contribution in [0.25, 0.3) is 0 Å². The molecule has 1 aromatic rings. The third-order valence-corrected chi connectivity index (χ3v) is 6.03. The van der Waals surface area contributed by atoms with Gasteiger partial charge >= 0.3 is 11.9 Å². The van der Waals surface area contributed by atoms with Crippen LogP contribution < -0.4 is 27.8 Å². The van der Waals surface area contributed by atoms with Gasteiger partial charge in [0.05, 0.1) is 12.5 Å². The van der Waals surface area contributed by atoms with Crippen LogP contribution in [0.4, 0.5) is 0 Å². The number of aliphatic carboxylic acids is 2. The Morgan fingerprint density at radius 2 is 1.74 bits per heavy atom. The number of carboxylic acids is 2. The number of benzene rings is 1. The van der Waals surface area contributed by atoms with Crippen molar-refractivity contribution in [3.05, 3.63) is 35.9 Å². The van der Waals surface area contributed by atoms with Gasteiger partial charge in [0, 0.05) is 19.5 Å². The number of hydrogen-bond donors (Lipinski definition) is 7. The molecule has 0 aliphatic carbocycles. The van der Waals surface area contributed by atoms with Gasteiger partial charge in [0.2, 0.25) is 17.7 Å². The number of nitrogens with one attached hydrogen (secondary N) is 2. The Hall–Kier alpha value is -4.20. The van der Waals surface area contributed by atoms with Crippen LogP contribution in [0.3, 0.4) is 0 Å². The Kier molecular flexibility index (Phi) is 11.5. The van der Waals surface area contributed by atoms with Crippen LogP contribution in [0.15, 0.2) is 35.3 Å². The molecule has 0 bridgehead atoms. The molecule has 10 N–H and O–H groups in total. The van der Waals surface area contributed by atoms with E-state index in [0.29, 0.717) is 19.3 Å². The quantitative estimate of drug-likeness (QED) is 0.0797. The van der Waals surface area contributed by atoms with Crippen LogP contribution in [0, 0.1) is 0 Å². The Labute approximate surface area is 219 Å². The van der Waals surface area contributed by atoms with Gasteiger partial charge in [-0.2, -0.15) is 0 Å². The highest BCUT2D eigenvalue weighted by atomic mass is 16.4. The summed E-state index contributed by atoms with van der Waals surface area (Å²) in [5.41, 5.74) is 17.0. The lowest BCUT2D eigenvalue weighted by Gasteiger charge is -2.28. The van der Waals surface area contributed by atoms with Gasteiger partial charge in [-0.3, -0.25) is 24.2 Å². The lowest BCUT2D eigenvalue weighted by atomic mass is 10.0. The van der Waals surface area contributed by atoms with Crippen LogP contribution in [0.1, 0.15) is 37.7 Å². The van der Waals surface area contributed by atoms with Crippen molar-refractivity contribution in [2.45, 2.75) is 62.7 Å². The van der Waals surface area contributed by atoms with Crippen LogP contribution >= 0.6 is 0 Å². The normalized spacial score (nSPS) is 17.1. The summed E-state index contributed by atoms with van der Waals surface area (Å²) in [5, 5.41) is 23.6. The number of likely N-dealkylation sites (tertiary alicyclic amines) is 1. The third kappa shape index (κ3) is 9.35. The number of nitrogens with zero attached hydrogens (tertiary/aromatic N) is 2. The molecule has 0 radical (unpaired) electrons. The van der Waals surface area contributed by atoms with E-state index in [4.69, 9.17) is 22.3 Å². The topological polar surface area (TPSA) is 244 Å². The molecule has 1 aromatic carbocycles. The minimum atomic E-state index is -1.31. The van der Waals surface area contributed by atoms with Gasteiger partial charge in [0.25, 0.3) is 0 Å². The van der Waals surface area contributed by atoms with Crippen LogP contribution in [0.2, 0.25) is 0 Å². The van der Waals surface area contributed by atoms with Crippen LogP contribution in [0.5, 0.6) is 0 Å². The Morgan fingerprint density at radius 3 is 2.34 bits per heavy atom. The molecule has 14 heteroatoms. The maximum atomic E-state index is 13.2. The number of hydrogen-bond acceptors (Lipinski definition) is 7. The molecule has 1 aliphatic heterocycles. The van der Waals surface area contributed by atoms with Gasteiger partial charge in [0.15, 0.2) is 5.96 Å². The molecule has 14 nitrogen and oxygen atoms in total. The number of nitrogens with two attached hydrogens (primary N) is 3. The van der Waals surface area contributed by atoms with E-state index in [9.17, 15) is 29.1 Å². The monoisotopic (exact) mass is 533 g/mol. The zero-order chi connectivity index (χ0) is 28.2. The lowest BCUT2D eigenvalue weighted by Crippen LogP contribution is -2.57. The molecule has 3 amide bonds. The van der Waals surface area contributed by atoms with Crippen LogP contribution in [-0.4, -0.2) is 88.0 Å². The van der Waals surface area contributed by atoms with E-state index in [2.05, 4.69) is 15.6 Å². The second kappa shape index (κ2) is 14.5. The van der Waals surface area contributed by atoms with Gasteiger partial charge in [-0.15, -0.1) is 0 Å². The van der Waals surface area contributed by atoms with E-state index >= 15 is 0 Å². The van der Waals surface area contributed by atoms with E-state index in [0.717, 1.165) is 5.56 Å². The summed E-state index contributed by atoms with van der Waals surface area (Å²) in [6.45, 7) is 0.401. The summed E-state index contributed by atoms with van der Waals surface area (Å²) in [7, 11) is 0. The molecule has 2 rings (SSSR count). The first kappa shape index (κ1) is 30.0. The van der Waals surface area contributed by atoms with Crippen LogP contribution in [-0.2, 0) is 30.4 Å². The predicted molar refractivity (Wildman–Crippen MR) is 137 cm³/mol. The average Bonchev–Trinajstić information content (AvgIpc) is 3.35. The van der Waals surface area contributed by atoms with Crippen molar-refractivity contribution in [1.29, 1.82) is 0 Å². The number of carbonyl (C=O) groups excluding carboxylic acids is 3. The van der Waals surface area contributed by atoms with E-state index in [-0.39, 0.29) is 31.9 Å². The van der Waals surface area contributed by atoms with Crippen molar-refractivity contribution in [3.8, 4) is 0 Å². The first-order valence-corrected chi connectivity index (χ1v) is 12.2. The fourth-order valence-corrected chi connectivity index (χ4v) is 4.15. The molecular weight excluding hydrogens is 498 g/mol. The summed E-state index contributed by atoms with van der Waals surface area (Å²) < 4.78 is 0. The summed E-state index contributed by atoms with van der Waals surface area (Å²) in [5.74, 6) is -4.62. The predicted octanol–water partition coefficient (Wildman–Crippen LogP) is -1.87. The maximum Gasteiger partial charge on any atom is 0.326 e. The van der Waals surface area contributed by atoms with Crippen molar-refractivity contribution in [2.75, 3.05) is 13.1 Å². The second-order valence-corrected chi connectivity index (χ2v) is 8.99. The summed E-state index contributed by atoms with van der Waals surface area (Å²) in [6.07, 6.45) is 0.632. The minimum absolute atomic E-state index is 0.0518. The molecule has 1 heterocycles. The van der Waals surface area contributed by atoms with Crippen molar-refractivity contribution >= 4 is 35.6 Å². The van der Waals surface area contributed by atoms with E-state index in [1.165, 1.54) is 4.90 Å². The molecule has 0 aromatic heterocycles. The summed E-state index contributed by atoms with van der Waals surface area (Å²) >= 11 is 0. The Bertz CT molecular complexity index is 1030. The average molecular weight is 534 g/mol. The largest absolute Gasteiger partial charge is 0.481 e. The van der Waals surface area contributed by atoms with Gasteiger partial charge in [-0.05, 0) is 31.2 Å². The molecule has 38 heavy (non-hydrogen) atoms. The molecule has 1 saturated heterocycles. The highest BCUT2D eigenvalue weighted by molar-refractivity contribution is 5.95. The molecule has 0 saturated carbocycles. The number of guanidine groups is 1. The molecule has 4 atom stereocenters. The Morgan fingerprint density at radius 1 is 1.05 bits per heavy atom. The number of aliphatic imine (C=N–C) groups is 1. The zero-order valence-electron chi connectivity index (χ0n) is 20.9. The highest BCUT2D eigenvalue weighted by Crippen LogP contribution is 2.19. The van der Waals surface area contributed by atoms with Crippen molar-refractivity contribution < 1.29 is 34.2 Å². The van der Waals surface area contributed by atoms with Crippen molar-refractivity contribution in [1.82, 2.24) is 15.5 Å². The number of amides is 3. The number of carboxylic acid groups (broad SMARTS) is 2. The SMILES string of the molecule is NC(N)=NCCCC(NC(=O)C(Cc1ccccc1)NC(=O)C1CCCN1C(=O)C(N)CC(=O)O)C(=O)O. The number of carbonyl (C=O) groups is 5. The lowest BCUT2D eigenvalue weighted by molar-refractivity contribution is -0.144. The summed E-state index contributed by atoms with van der Waals surface area (Å²) in [4.78, 5) is 66.8. The third-order valence-electron chi connectivity index (χ3n) is 6.03. The van der Waals surface area contributed by atoms with Gasteiger partial charge in [0.1, 0.15) is 18.1 Å². The first-order chi connectivity index (χ1) is 18.0. The van der Waals surface area contributed by atoms with E-state index in [1.807, 2.05) is 0 Å². The molecule has 208 valence electrons. The smallest absolute Gasteiger partial charge is 0.326 e. The maximum absolute atomic E-state index is 13.2. The van der Waals surface area contributed by atoms with Gasteiger partial charge < -0.3 is 42.9 Å². The van der Waals surface area contributed by atoms with Crippen molar-refractivity contribution in [3.63, 3.8) is 0 Å². The Balaban J connectivity index is 2.16. The minimum Gasteiger partial charge on any atom is -0.481 e. The number of rotatable bonds is 14. The molecule has 1 fully saturated rings. The molecule has 1 aliphatic rings. The zero-order valence-corrected chi connectivity index (χ0v) is 20.9. The molecule has 4 unspecified atom stereocenters. The van der Waals surface area contributed by atoms with Gasteiger partial charge in [-0.25, -0.2) is 4.79 Å². The fourth-order valence-electron chi connectivity index (χ4n) is 4.15. The fraction of sp³-hybridized carbons (Fsp3) is 0.500. The van der Waals surface area contributed by atoms with E-state index < -0.39 is 60.2 Å². The molecule has 0 spiro atoms. The standard InChI is InChI=1S/C24H35N7O7/c25-15(13-19(32)33)22(36)31-11-5-9-18(31)21(35)30-17(12-14-6-2-1-3-7-14)20(34)29-16(23(37)38)8-4-10-28-24(26)27/h1-3,6-7,15-18H,4-5,8-13,25H2,(H,29,34)(H,30,35)(H,32,33)(H,37,38)(H4,26,27,28). The highest BCUT2D eigenvalue weighted by Gasteiger charge is 2.38. The van der Waals surface area contributed by atoms with Crippen molar-refractivity contribution in [2.24, 2.45) is 22.2 Å².